The first-order chi connectivity index (χ1) is 7.63. The molecule has 1 unspecified atom stereocenters. The van der Waals surface area contributed by atoms with E-state index in [4.69, 9.17) is 5.73 Å². The maximum Gasteiger partial charge on any atom is 0.137 e. The molecule has 2 rings (SSSR count). The van der Waals surface area contributed by atoms with E-state index in [-0.39, 0.29) is 0 Å². The Morgan fingerprint density at radius 1 is 1.50 bits per heavy atom. The van der Waals surface area contributed by atoms with Crippen LogP contribution >= 0.6 is 0 Å². The standard InChI is InChI=1S/C12H17N3O/c1-8-4-6-15-9(2)12(10(16)3-5-13)14-11(15)7-8/h4,6-7,10,16H,3,5,13H2,1-2H3. The van der Waals surface area contributed by atoms with Gasteiger partial charge in [0.1, 0.15) is 5.65 Å². The fourth-order valence-electron chi connectivity index (χ4n) is 1.90. The number of imidazole rings is 1. The van der Waals surface area contributed by atoms with Gasteiger partial charge >= 0.3 is 0 Å². The number of aliphatic hydroxyl groups is 1. The summed E-state index contributed by atoms with van der Waals surface area (Å²) in [6.07, 6.45) is 1.96. The number of pyridine rings is 1. The molecule has 4 nitrogen and oxygen atoms in total. The molecule has 0 saturated carbocycles. The van der Waals surface area contributed by atoms with Crippen molar-refractivity contribution in [2.45, 2.75) is 26.4 Å². The van der Waals surface area contributed by atoms with Gasteiger partial charge in [0.15, 0.2) is 0 Å². The highest BCUT2D eigenvalue weighted by Gasteiger charge is 2.15. The van der Waals surface area contributed by atoms with Crippen LogP contribution in [0.25, 0.3) is 5.65 Å². The van der Waals surface area contributed by atoms with Crippen molar-refractivity contribution in [3.63, 3.8) is 0 Å². The lowest BCUT2D eigenvalue weighted by molar-refractivity contribution is 0.165. The van der Waals surface area contributed by atoms with E-state index in [1.165, 1.54) is 0 Å². The van der Waals surface area contributed by atoms with E-state index in [1.54, 1.807) is 0 Å². The molecule has 0 fully saturated rings. The molecule has 3 N–H and O–H groups in total. The number of rotatable bonds is 3. The Morgan fingerprint density at radius 2 is 2.25 bits per heavy atom. The predicted octanol–water partition coefficient (Wildman–Crippen LogP) is 1.33. The Hall–Kier alpha value is -1.39. The van der Waals surface area contributed by atoms with Gasteiger partial charge in [-0.3, -0.25) is 0 Å². The van der Waals surface area contributed by atoms with Gasteiger partial charge in [-0.25, -0.2) is 4.98 Å². The van der Waals surface area contributed by atoms with Crippen LogP contribution in [0.5, 0.6) is 0 Å². The lowest BCUT2D eigenvalue weighted by Gasteiger charge is -2.06. The molecule has 0 radical (unpaired) electrons. The van der Waals surface area contributed by atoms with Crippen molar-refractivity contribution in [1.82, 2.24) is 9.38 Å². The van der Waals surface area contributed by atoms with Crippen LogP contribution in [0.1, 0.15) is 29.5 Å². The first-order valence-electron chi connectivity index (χ1n) is 5.47. The van der Waals surface area contributed by atoms with Crippen LogP contribution in [0.4, 0.5) is 0 Å². The average Bonchev–Trinajstić information content (AvgIpc) is 2.56. The largest absolute Gasteiger partial charge is 0.387 e. The summed E-state index contributed by atoms with van der Waals surface area (Å²) in [5, 5.41) is 9.92. The van der Waals surface area contributed by atoms with Gasteiger partial charge in [0, 0.05) is 11.9 Å². The van der Waals surface area contributed by atoms with Gasteiger partial charge in [0.05, 0.1) is 11.8 Å². The number of nitrogens with zero attached hydrogens (tertiary/aromatic N) is 2. The number of fused-ring (bicyclic) bond motifs is 1. The van der Waals surface area contributed by atoms with E-state index in [1.807, 2.05) is 36.6 Å². The summed E-state index contributed by atoms with van der Waals surface area (Å²) in [5.74, 6) is 0. The fraction of sp³-hybridized carbons (Fsp3) is 0.417. The number of aryl methyl sites for hydroxylation is 2. The first kappa shape index (κ1) is 11.1. The van der Waals surface area contributed by atoms with Crippen molar-refractivity contribution in [3.05, 3.63) is 35.3 Å². The van der Waals surface area contributed by atoms with Gasteiger partial charge in [0.2, 0.25) is 0 Å². The molecular weight excluding hydrogens is 202 g/mol. The van der Waals surface area contributed by atoms with Crippen molar-refractivity contribution in [2.24, 2.45) is 5.73 Å². The molecule has 2 heterocycles. The Labute approximate surface area is 94.7 Å². The molecule has 4 heteroatoms. The van der Waals surface area contributed by atoms with Gasteiger partial charge < -0.3 is 15.2 Å². The highest BCUT2D eigenvalue weighted by molar-refractivity contribution is 5.45. The van der Waals surface area contributed by atoms with E-state index in [9.17, 15) is 5.11 Å². The highest BCUT2D eigenvalue weighted by atomic mass is 16.3. The third-order valence-corrected chi connectivity index (χ3v) is 2.81. The van der Waals surface area contributed by atoms with Gasteiger partial charge in [-0.05, 0) is 44.5 Å². The molecular formula is C12H17N3O. The molecule has 16 heavy (non-hydrogen) atoms. The second kappa shape index (κ2) is 4.23. The summed E-state index contributed by atoms with van der Waals surface area (Å²) in [5.41, 5.74) is 9.20. The van der Waals surface area contributed by atoms with Gasteiger partial charge in [-0.1, -0.05) is 0 Å². The molecule has 0 bridgehead atoms. The summed E-state index contributed by atoms with van der Waals surface area (Å²) in [4.78, 5) is 4.45. The average molecular weight is 219 g/mol. The van der Waals surface area contributed by atoms with E-state index in [0.29, 0.717) is 13.0 Å². The summed E-state index contributed by atoms with van der Waals surface area (Å²) >= 11 is 0. The van der Waals surface area contributed by atoms with Crippen LogP contribution in [-0.2, 0) is 0 Å². The topological polar surface area (TPSA) is 63.5 Å². The highest BCUT2D eigenvalue weighted by Crippen LogP contribution is 2.21. The smallest absolute Gasteiger partial charge is 0.137 e. The normalized spacial score (nSPS) is 13.2. The minimum absolute atomic E-state index is 0.466. The Balaban J connectivity index is 2.51. The van der Waals surface area contributed by atoms with Crippen molar-refractivity contribution < 1.29 is 5.11 Å². The van der Waals surface area contributed by atoms with Crippen molar-refractivity contribution in [2.75, 3.05) is 6.54 Å². The van der Waals surface area contributed by atoms with E-state index in [0.717, 1.165) is 22.6 Å². The molecule has 0 aliphatic heterocycles. The minimum Gasteiger partial charge on any atom is -0.387 e. The second-order valence-corrected chi connectivity index (χ2v) is 4.11. The molecule has 0 spiro atoms. The zero-order chi connectivity index (χ0) is 11.7. The van der Waals surface area contributed by atoms with Crippen LogP contribution in [0, 0.1) is 13.8 Å². The maximum absolute atomic E-state index is 9.92. The molecule has 86 valence electrons. The van der Waals surface area contributed by atoms with Crippen LogP contribution in [0.3, 0.4) is 0 Å². The third kappa shape index (κ3) is 1.81. The Bertz CT molecular complexity index is 504. The molecule has 0 aliphatic carbocycles. The molecule has 2 aromatic rings. The Kier molecular flexibility index (Phi) is 2.94. The quantitative estimate of drug-likeness (QED) is 0.818. The number of nitrogens with two attached hydrogens (primary N) is 1. The number of aliphatic hydroxyl groups excluding tert-OH is 1. The van der Waals surface area contributed by atoms with Crippen LogP contribution in [0.2, 0.25) is 0 Å². The monoisotopic (exact) mass is 219 g/mol. The number of hydrogen-bond donors (Lipinski definition) is 2. The van der Waals surface area contributed by atoms with Crippen LogP contribution in [-0.4, -0.2) is 21.0 Å². The molecule has 0 saturated heterocycles. The minimum atomic E-state index is -0.565. The van der Waals surface area contributed by atoms with Crippen LogP contribution in [0.15, 0.2) is 18.3 Å². The fourth-order valence-corrected chi connectivity index (χ4v) is 1.90. The van der Waals surface area contributed by atoms with Gasteiger partial charge in [-0.15, -0.1) is 0 Å². The summed E-state index contributed by atoms with van der Waals surface area (Å²) in [6, 6.07) is 4.03. The Morgan fingerprint density at radius 3 is 2.94 bits per heavy atom. The number of aromatic nitrogens is 2. The summed E-state index contributed by atoms with van der Waals surface area (Å²) in [6.45, 7) is 4.46. The first-order valence-corrected chi connectivity index (χ1v) is 5.47. The second-order valence-electron chi connectivity index (χ2n) is 4.11. The zero-order valence-electron chi connectivity index (χ0n) is 9.64. The van der Waals surface area contributed by atoms with Crippen molar-refractivity contribution >= 4 is 5.65 Å². The zero-order valence-corrected chi connectivity index (χ0v) is 9.64. The molecule has 2 aromatic heterocycles. The molecule has 0 amide bonds. The van der Waals surface area contributed by atoms with Crippen molar-refractivity contribution in [3.8, 4) is 0 Å². The summed E-state index contributed by atoms with van der Waals surface area (Å²) in [7, 11) is 0. The maximum atomic E-state index is 9.92. The number of hydrogen-bond acceptors (Lipinski definition) is 3. The molecule has 0 aliphatic rings. The lowest BCUT2D eigenvalue weighted by atomic mass is 10.1. The van der Waals surface area contributed by atoms with E-state index >= 15 is 0 Å². The van der Waals surface area contributed by atoms with Gasteiger partial charge in [0.25, 0.3) is 0 Å². The third-order valence-electron chi connectivity index (χ3n) is 2.81. The van der Waals surface area contributed by atoms with E-state index < -0.39 is 6.10 Å². The summed E-state index contributed by atoms with van der Waals surface area (Å²) < 4.78 is 1.99. The lowest BCUT2D eigenvalue weighted by Crippen LogP contribution is -2.08. The molecule has 0 aromatic carbocycles. The van der Waals surface area contributed by atoms with E-state index in [2.05, 4.69) is 4.98 Å². The SMILES string of the molecule is Cc1ccn2c(C)c(C(O)CCN)nc2c1. The van der Waals surface area contributed by atoms with Crippen LogP contribution < -0.4 is 5.73 Å². The predicted molar refractivity (Wildman–Crippen MR) is 63.3 cm³/mol. The molecule has 1 atom stereocenters. The van der Waals surface area contributed by atoms with Crippen molar-refractivity contribution in [1.29, 1.82) is 0 Å². The van der Waals surface area contributed by atoms with Gasteiger partial charge in [-0.2, -0.15) is 0 Å².